The highest BCUT2D eigenvalue weighted by atomic mass is 32.2. The van der Waals surface area contributed by atoms with Crippen molar-refractivity contribution in [3.63, 3.8) is 0 Å². The summed E-state index contributed by atoms with van der Waals surface area (Å²) in [5.41, 5.74) is 8.53. The van der Waals surface area contributed by atoms with Crippen LogP contribution in [0, 0.1) is 0 Å². The normalized spacial score (nSPS) is 12.5. The van der Waals surface area contributed by atoms with Gasteiger partial charge in [-0.15, -0.1) is 0 Å². The molecule has 8 aromatic rings. The standard InChI is InChI=1S/C48H38N4O3S/c1-55-38-26-24-33(25-27-38)32-20-22-35(23-21-32)47(49-37-14-6-3-7-15-37)52-41-18-10-11-19-44(41)56-45-31-43(53)36(30-42(45)52)28-29-51-40-17-9-8-16-39(40)48(54)50-46(51)34-12-4-2-5-13-34/h2-27,30-31,47,49,53H,28-29H2,1H3. The fourth-order valence-corrected chi connectivity index (χ4v) is 8.54. The zero-order valence-electron chi connectivity index (χ0n) is 30.7. The second-order valence-corrected chi connectivity index (χ2v) is 14.8. The molecule has 56 heavy (non-hydrogen) atoms. The van der Waals surface area contributed by atoms with Crippen LogP contribution in [0.25, 0.3) is 33.4 Å². The number of rotatable bonds is 10. The van der Waals surface area contributed by atoms with Gasteiger partial charge in [0, 0.05) is 27.6 Å². The molecule has 2 N–H and O–H groups in total. The SMILES string of the molecule is COc1ccc(-c2ccc(C(Nc3ccccc3)N3c4ccccc4Sc4cc(O)c(CCn5c(-c6ccccc6)nc(=O)c6ccccc65)cc43)cc2)cc1. The number of anilines is 3. The molecule has 0 saturated carbocycles. The van der Waals surface area contributed by atoms with Gasteiger partial charge in [-0.1, -0.05) is 121 Å². The number of nitrogens with one attached hydrogen (secondary N) is 1. The van der Waals surface area contributed by atoms with Gasteiger partial charge in [0.1, 0.15) is 23.5 Å². The molecule has 0 bridgehead atoms. The van der Waals surface area contributed by atoms with E-state index in [2.05, 4.69) is 98.6 Å². The minimum atomic E-state index is -0.308. The van der Waals surface area contributed by atoms with Gasteiger partial charge in [-0.25, -0.2) is 0 Å². The van der Waals surface area contributed by atoms with Crippen LogP contribution in [0.3, 0.4) is 0 Å². The zero-order chi connectivity index (χ0) is 38.0. The Morgan fingerprint density at radius 1 is 0.696 bits per heavy atom. The Labute approximate surface area is 329 Å². The number of fused-ring (bicyclic) bond motifs is 3. The summed E-state index contributed by atoms with van der Waals surface area (Å²) in [6.07, 6.45) is 0.193. The number of nitrogens with zero attached hydrogens (tertiary/aromatic N) is 3. The number of hydrogen-bond donors (Lipinski definition) is 2. The van der Waals surface area contributed by atoms with Crippen molar-refractivity contribution < 1.29 is 9.84 Å². The minimum Gasteiger partial charge on any atom is -0.508 e. The van der Waals surface area contributed by atoms with Crippen LogP contribution in [0.1, 0.15) is 17.3 Å². The lowest BCUT2D eigenvalue weighted by Crippen LogP contribution is -2.32. The van der Waals surface area contributed by atoms with Gasteiger partial charge in [-0.05, 0) is 89.3 Å². The molecule has 8 heteroatoms. The molecule has 0 spiro atoms. The third kappa shape index (κ3) is 6.76. The number of benzene rings is 7. The molecular weight excluding hydrogens is 713 g/mol. The van der Waals surface area contributed by atoms with Crippen LogP contribution >= 0.6 is 11.8 Å². The topological polar surface area (TPSA) is 79.6 Å². The molecule has 2 heterocycles. The lowest BCUT2D eigenvalue weighted by atomic mass is 10.0. The summed E-state index contributed by atoms with van der Waals surface area (Å²) in [5, 5.41) is 16.1. The first-order valence-electron chi connectivity index (χ1n) is 18.6. The van der Waals surface area contributed by atoms with E-state index >= 15 is 0 Å². The number of ether oxygens (including phenoxy) is 1. The molecule has 7 aromatic carbocycles. The molecule has 9 rings (SSSR count). The van der Waals surface area contributed by atoms with Crippen molar-refractivity contribution in [1.29, 1.82) is 0 Å². The third-order valence-electron chi connectivity index (χ3n) is 10.3. The summed E-state index contributed by atoms with van der Waals surface area (Å²) in [6.45, 7) is 0.493. The Morgan fingerprint density at radius 2 is 1.36 bits per heavy atom. The molecule has 7 nitrogen and oxygen atoms in total. The fraction of sp³-hybridized carbons (Fsp3) is 0.0833. The Bertz CT molecular complexity index is 2720. The molecule has 1 aliphatic rings. The monoisotopic (exact) mass is 750 g/mol. The first kappa shape index (κ1) is 35.0. The van der Waals surface area contributed by atoms with E-state index in [1.165, 1.54) is 0 Å². The van der Waals surface area contributed by atoms with Gasteiger partial charge < -0.3 is 24.6 Å². The van der Waals surface area contributed by atoms with Crippen LogP contribution in [0.4, 0.5) is 17.1 Å². The Balaban J connectivity index is 1.14. The maximum absolute atomic E-state index is 13.2. The predicted molar refractivity (Wildman–Crippen MR) is 227 cm³/mol. The molecular formula is C48H38N4O3S. The molecule has 1 atom stereocenters. The first-order chi connectivity index (χ1) is 27.5. The Morgan fingerprint density at radius 3 is 2.11 bits per heavy atom. The summed E-state index contributed by atoms with van der Waals surface area (Å²) < 4.78 is 7.48. The van der Waals surface area contributed by atoms with Crippen LogP contribution in [0.2, 0.25) is 0 Å². The van der Waals surface area contributed by atoms with Crippen molar-refractivity contribution >= 4 is 39.7 Å². The van der Waals surface area contributed by atoms with E-state index in [9.17, 15) is 9.90 Å². The lowest BCUT2D eigenvalue weighted by Gasteiger charge is -2.40. The highest BCUT2D eigenvalue weighted by molar-refractivity contribution is 7.99. The molecule has 0 aliphatic carbocycles. The van der Waals surface area contributed by atoms with Gasteiger partial charge in [0.15, 0.2) is 0 Å². The quantitative estimate of drug-likeness (QED) is 0.144. The van der Waals surface area contributed by atoms with Gasteiger partial charge in [0.25, 0.3) is 5.56 Å². The molecule has 274 valence electrons. The van der Waals surface area contributed by atoms with Gasteiger partial charge in [0.05, 0.1) is 29.4 Å². The second kappa shape index (κ2) is 15.2. The first-order valence-corrected chi connectivity index (χ1v) is 19.4. The number of para-hydroxylation sites is 3. The second-order valence-electron chi connectivity index (χ2n) is 13.7. The highest BCUT2D eigenvalue weighted by Gasteiger charge is 2.32. The van der Waals surface area contributed by atoms with Gasteiger partial charge in [-0.2, -0.15) is 4.98 Å². The number of methoxy groups -OCH3 is 1. The van der Waals surface area contributed by atoms with Crippen molar-refractivity contribution in [3.05, 3.63) is 191 Å². The van der Waals surface area contributed by atoms with Crippen molar-refractivity contribution in [3.8, 4) is 34.0 Å². The van der Waals surface area contributed by atoms with E-state index in [1.54, 1.807) is 18.9 Å². The van der Waals surface area contributed by atoms with Gasteiger partial charge in [0.2, 0.25) is 0 Å². The number of phenols is 1. The number of hydrogen-bond acceptors (Lipinski definition) is 7. The van der Waals surface area contributed by atoms with Crippen molar-refractivity contribution in [1.82, 2.24) is 9.55 Å². The Kier molecular flexibility index (Phi) is 9.47. The molecule has 0 saturated heterocycles. The summed E-state index contributed by atoms with van der Waals surface area (Å²) in [7, 11) is 1.68. The number of aromatic hydroxyl groups is 1. The molecule has 0 radical (unpaired) electrons. The number of aromatic nitrogens is 2. The van der Waals surface area contributed by atoms with Crippen molar-refractivity contribution in [2.24, 2.45) is 0 Å². The lowest BCUT2D eigenvalue weighted by molar-refractivity contribution is 0.415. The van der Waals surface area contributed by atoms with Crippen LogP contribution in [-0.4, -0.2) is 21.8 Å². The van der Waals surface area contributed by atoms with E-state index in [4.69, 9.17) is 4.74 Å². The van der Waals surface area contributed by atoms with E-state index < -0.39 is 0 Å². The maximum atomic E-state index is 13.2. The van der Waals surface area contributed by atoms with Crippen molar-refractivity contribution in [2.45, 2.75) is 28.9 Å². The highest BCUT2D eigenvalue weighted by Crippen LogP contribution is 2.53. The van der Waals surface area contributed by atoms with E-state index in [1.807, 2.05) is 91.0 Å². The van der Waals surface area contributed by atoms with Crippen LogP contribution in [0.5, 0.6) is 11.5 Å². The van der Waals surface area contributed by atoms with Crippen molar-refractivity contribution in [2.75, 3.05) is 17.3 Å². The van der Waals surface area contributed by atoms with E-state index in [-0.39, 0.29) is 17.5 Å². The number of phenolic OH excluding ortho intramolecular Hbond substituents is 1. The smallest absolute Gasteiger partial charge is 0.281 e. The van der Waals surface area contributed by atoms with Crippen LogP contribution in [0.15, 0.2) is 184 Å². The third-order valence-corrected chi connectivity index (χ3v) is 11.4. The summed E-state index contributed by atoms with van der Waals surface area (Å²) in [6, 6.07) is 56.9. The fourth-order valence-electron chi connectivity index (χ4n) is 7.46. The van der Waals surface area contributed by atoms with Gasteiger partial charge >= 0.3 is 0 Å². The largest absolute Gasteiger partial charge is 0.508 e. The van der Waals surface area contributed by atoms with Crippen LogP contribution in [-0.2, 0) is 13.0 Å². The van der Waals surface area contributed by atoms with Crippen LogP contribution < -0.4 is 20.5 Å². The van der Waals surface area contributed by atoms with E-state index in [0.29, 0.717) is 24.2 Å². The summed E-state index contributed by atoms with van der Waals surface area (Å²) >= 11 is 1.66. The Hall–Kier alpha value is -6.77. The minimum absolute atomic E-state index is 0.228. The zero-order valence-corrected chi connectivity index (χ0v) is 31.5. The molecule has 1 aliphatic heterocycles. The van der Waals surface area contributed by atoms with E-state index in [0.717, 1.165) is 65.9 Å². The average molecular weight is 751 g/mol. The summed E-state index contributed by atoms with van der Waals surface area (Å²) in [5.74, 6) is 1.65. The average Bonchev–Trinajstić information content (AvgIpc) is 3.25. The molecule has 0 amide bonds. The number of aryl methyl sites for hydroxylation is 2. The maximum Gasteiger partial charge on any atom is 0.281 e. The van der Waals surface area contributed by atoms with Gasteiger partial charge in [-0.3, -0.25) is 4.79 Å². The molecule has 0 fully saturated rings. The molecule has 1 unspecified atom stereocenters. The predicted octanol–water partition coefficient (Wildman–Crippen LogP) is 11.1. The summed E-state index contributed by atoms with van der Waals surface area (Å²) in [4.78, 5) is 22.2. The molecule has 1 aromatic heterocycles.